The van der Waals surface area contributed by atoms with E-state index in [0.717, 1.165) is 19.5 Å². The van der Waals surface area contributed by atoms with E-state index in [1.54, 1.807) is 0 Å². The van der Waals surface area contributed by atoms with Crippen LogP contribution in [0, 0.1) is 0 Å². The van der Waals surface area contributed by atoms with E-state index in [-0.39, 0.29) is 17.0 Å². The number of nitrogens with two attached hydrogens (primary N) is 1. The molecule has 1 unspecified atom stereocenters. The first-order chi connectivity index (χ1) is 9.62. The predicted octanol–water partition coefficient (Wildman–Crippen LogP) is 3.97. The van der Waals surface area contributed by atoms with Gasteiger partial charge in [-0.2, -0.15) is 0 Å². The van der Waals surface area contributed by atoms with Crippen LogP contribution in [0.1, 0.15) is 59.6 Å². The maximum absolute atomic E-state index is 6.52. The molecule has 0 fully saturated rings. The van der Waals surface area contributed by atoms with E-state index >= 15 is 0 Å². The van der Waals surface area contributed by atoms with Crippen LogP contribution in [0.4, 0.5) is 0 Å². The van der Waals surface area contributed by atoms with Crippen LogP contribution < -0.4 is 5.73 Å². The molecule has 120 valence electrons. The second kappa shape index (κ2) is 6.93. The van der Waals surface area contributed by atoms with E-state index in [1.807, 2.05) is 0 Å². The average molecular weight is 290 g/mol. The summed E-state index contributed by atoms with van der Waals surface area (Å²) >= 11 is 0. The molecule has 21 heavy (non-hydrogen) atoms. The number of benzene rings is 1. The SMILES string of the molecule is CCN(CC)C(C)(C)C(N)Cc1ccc(C(C)(C)C)cc1. The molecular formula is C19H34N2. The topological polar surface area (TPSA) is 29.3 Å². The molecule has 2 nitrogen and oxygen atoms in total. The van der Waals surface area contributed by atoms with Crippen molar-refractivity contribution in [1.29, 1.82) is 0 Å². The van der Waals surface area contributed by atoms with Crippen molar-refractivity contribution in [2.75, 3.05) is 13.1 Å². The highest BCUT2D eigenvalue weighted by Crippen LogP contribution is 2.24. The zero-order valence-corrected chi connectivity index (χ0v) is 15.0. The molecule has 0 aliphatic heterocycles. The summed E-state index contributed by atoms with van der Waals surface area (Å²) in [5.74, 6) is 0. The Hall–Kier alpha value is -0.860. The minimum absolute atomic E-state index is 0.0200. The lowest BCUT2D eigenvalue weighted by Gasteiger charge is -2.42. The Balaban J connectivity index is 2.81. The first-order valence-electron chi connectivity index (χ1n) is 8.23. The smallest absolute Gasteiger partial charge is 0.0307 e. The van der Waals surface area contributed by atoms with Gasteiger partial charge >= 0.3 is 0 Å². The van der Waals surface area contributed by atoms with Gasteiger partial charge in [0, 0.05) is 11.6 Å². The van der Waals surface area contributed by atoms with Crippen LogP contribution >= 0.6 is 0 Å². The maximum atomic E-state index is 6.52. The summed E-state index contributed by atoms with van der Waals surface area (Å²) in [5.41, 5.74) is 9.45. The Bertz CT molecular complexity index is 422. The lowest BCUT2D eigenvalue weighted by atomic mass is 9.84. The zero-order valence-electron chi connectivity index (χ0n) is 15.0. The van der Waals surface area contributed by atoms with Crippen LogP contribution in [-0.4, -0.2) is 29.6 Å². The predicted molar refractivity (Wildman–Crippen MR) is 93.8 cm³/mol. The molecule has 1 rings (SSSR count). The molecule has 0 heterocycles. The lowest BCUT2D eigenvalue weighted by Crippen LogP contribution is -2.56. The van der Waals surface area contributed by atoms with E-state index in [2.05, 4.69) is 77.6 Å². The second-order valence-corrected chi connectivity index (χ2v) is 7.58. The number of hydrogen-bond acceptors (Lipinski definition) is 2. The highest BCUT2D eigenvalue weighted by atomic mass is 15.2. The molecule has 0 radical (unpaired) electrons. The summed E-state index contributed by atoms with van der Waals surface area (Å²) < 4.78 is 0. The first-order valence-corrected chi connectivity index (χ1v) is 8.23. The van der Waals surface area contributed by atoms with Gasteiger partial charge in [-0.3, -0.25) is 4.90 Å². The van der Waals surface area contributed by atoms with E-state index in [1.165, 1.54) is 11.1 Å². The van der Waals surface area contributed by atoms with E-state index in [0.29, 0.717) is 0 Å². The second-order valence-electron chi connectivity index (χ2n) is 7.58. The van der Waals surface area contributed by atoms with Gasteiger partial charge in [-0.05, 0) is 49.9 Å². The van der Waals surface area contributed by atoms with E-state index in [9.17, 15) is 0 Å². The van der Waals surface area contributed by atoms with Crippen molar-refractivity contribution < 1.29 is 0 Å². The number of likely N-dealkylation sites (N-methyl/N-ethyl adjacent to an activating group) is 1. The van der Waals surface area contributed by atoms with Gasteiger partial charge in [-0.1, -0.05) is 58.9 Å². The number of nitrogens with zero attached hydrogens (tertiary/aromatic N) is 1. The average Bonchev–Trinajstić information content (AvgIpc) is 2.39. The molecule has 0 saturated carbocycles. The molecule has 1 atom stereocenters. The first kappa shape index (κ1) is 18.2. The minimum atomic E-state index is 0.0200. The lowest BCUT2D eigenvalue weighted by molar-refractivity contribution is 0.106. The Kier molecular flexibility index (Phi) is 6.01. The molecule has 1 aromatic carbocycles. The quantitative estimate of drug-likeness (QED) is 0.859. The largest absolute Gasteiger partial charge is 0.326 e. The van der Waals surface area contributed by atoms with Gasteiger partial charge in [0.05, 0.1) is 0 Å². The van der Waals surface area contributed by atoms with Gasteiger partial charge < -0.3 is 5.73 Å². The fourth-order valence-electron chi connectivity index (χ4n) is 2.92. The molecule has 2 N–H and O–H groups in total. The molecule has 0 aromatic heterocycles. The summed E-state index contributed by atoms with van der Waals surface area (Å²) in [6, 6.07) is 9.09. The highest BCUT2D eigenvalue weighted by molar-refractivity contribution is 5.28. The molecular weight excluding hydrogens is 256 g/mol. The Morgan fingerprint density at radius 2 is 1.43 bits per heavy atom. The van der Waals surface area contributed by atoms with Crippen molar-refractivity contribution in [3.8, 4) is 0 Å². The molecule has 0 spiro atoms. The van der Waals surface area contributed by atoms with Crippen LogP contribution in [0.3, 0.4) is 0 Å². The monoisotopic (exact) mass is 290 g/mol. The summed E-state index contributed by atoms with van der Waals surface area (Å²) in [7, 11) is 0. The Labute approximate surface area is 131 Å². The third kappa shape index (κ3) is 4.55. The summed E-state index contributed by atoms with van der Waals surface area (Å²) in [6.07, 6.45) is 0.925. The van der Waals surface area contributed by atoms with Gasteiger partial charge in [0.15, 0.2) is 0 Å². The molecule has 1 aromatic rings. The van der Waals surface area contributed by atoms with Gasteiger partial charge in [-0.25, -0.2) is 0 Å². The summed E-state index contributed by atoms with van der Waals surface area (Å²) in [5, 5.41) is 0. The molecule has 0 bridgehead atoms. The Morgan fingerprint density at radius 1 is 0.952 bits per heavy atom. The van der Waals surface area contributed by atoms with Crippen molar-refractivity contribution in [2.45, 2.75) is 71.9 Å². The van der Waals surface area contributed by atoms with Crippen molar-refractivity contribution >= 4 is 0 Å². The number of rotatable bonds is 6. The van der Waals surface area contributed by atoms with Crippen LogP contribution in [0.2, 0.25) is 0 Å². The van der Waals surface area contributed by atoms with Crippen LogP contribution in [0.25, 0.3) is 0 Å². The van der Waals surface area contributed by atoms with Gasteiger partial charge in [0.1, 0.15) is 0 Å². The van der Waals surface area contributed by atoms with Crippen LogP contribution in [0.5, 0.6) is 0 Å². The summed E-state index contributed by atoms with van der Waals surface area (Å²) in [4.78, 5) is 2.45. The van der Waals surface area contributed by atoms with Crippen LogP contribution in [-0.2, 0) is 11.8 Å². The third-order valence-electron chi connectivity index (χ3n) is 4.76. The normalized spacial score (nSPS) is 14.5. The summed E-state index contributed by atoms with van der Waals surface area (Å²) in [6.45, 7) is 17.8. The van der Waals surface area contributed by atoms with Crippen molar-refractivity contribution in [3.63, 3.8) is 0 Å². The molecule has 2 heteroatoms. The zero-order chi connectivity index (χ0) is 16.3. The van der Waals surface area contributed by atoms with E-state index in [4.69, 9.17) is 5.73 Å². The highest BCUT2D eigenvalue weighted by Gasteiger charge is 2.31. The maximum Gasteiger partial charge on any atom is 0.0307 e. The fraction of sp³-hybridized carbons (Fsp3) is 0.684. The van der Waals surface area contributed by atoms with E-state index < -0.39 is 0 Å². The Morgan fingerprint density at radius 3 is 1.81 bits per heavy atom. The molecule has 0 amide bonds. The van der Waals surface area contributed by atoms with Crippen LogP contribution in [0.15, 0.2) is 24.3 Å². The minimum Gasteiger partial charge on any atom is -0.326 e. The standard InChI is InChI=1S/C19H34N2/c1-8-21(9-2)19(6,7)17(20)14-15-10-12-16(13-11-15)18(3,4)5/h10-13,17H,8-9,14,20H2,1-7H3. The van der Waals surface area contributed by atoms with Gasteiger partial charge in [-0.15, -0.1) is 0 Å². The van der Waals surface area contributed by atoms with Gasteiger partial charge in [0.2, 0.25) is 0 Å². The van der Waals surface area contributed by atoms with Gasteiger partial charge in [0.25, 0.3) is 0 Å². The van der Waals surface area contributed by atoms with Crippen molar-refractivity contribution in [1.82, 2.24) is 4.90 Å². The fourth-order valence-corrected chi connectivity index (χ4v) is 2.92. The number of hydrogen-bond donors (Lipinski definition) is 1. The molecule has 0 saturated heterocycles. The molecule has 0 aliphatic rings. The third-order valence-corrected chi connectivity index (χ3v) is 4.76. The van der Waals surface area contributed by atoms with Crippen molar-refractivity contribution in [2.24, 2.45) is 5.73 Å². The van der Waals surface area contributed by atoms with Crippen molar-refractivity contribution in [3.05, 3.63) is 35.4 Å². The molecule has 0 aliphatic carbocycles.